The topological polar surface area (TPSA) is 58.1 Å². The Kier molecular flexibility index (Phi) is 5.33. The molecule has 2 heterocycles. The van der Waals surface area contributed by atoms with E-state index in [0.717, 1.165) is 31.7 Å². The standard InChI is InChI=1S/C23H24N4O/c1-17-25-21(23(28)24-13-11-18-7-3-2-4-8-18)15-22(26-17)27-14-12-19-9-5-6-10-20(19)16-27/h2-10,15H,11-14,16H2,1H3,(H,24,28). The third-order valence-corrected chi connectivity index (χ3v) is 5.05. The molecule has 5 nitrogen and oxygen atoms in total. The van der Waals surface area contributed by atoms with Gasteiger partial charge in [-0.3, -0.25) is 4.79 Å². The number of hydrogen-bond acceptors (Lipinski definition) is 4. The highest BCUT2D eigenvalue weighted by atomic mass is 16.1. The van der Waals surface area contributed by atoms with Crippen molar-refractivity contribution in [3.05, 3.63) is 88.9 Å². The highest BCUT2D eigenvalue weighted by Gasteiger charge is 2.19. The van der Waals surface area contributed by atoms with E-state index in [1.54, 1.807) is 6.07 Å². The summed E-state index contributed by atoms with van der Waals surface area (Å²) in [4.78, 5) is 23.7. The van der Waals surface area contributed by atoms with Crippen molar-refractivity contribution in [1.29, 1.82) is 0 Å². The molecule has 3 aromatic rings. The lowest BCUT2D eigenvalue weighted by Crippen LogP contribution is -2.32. The van der Waals surface area contributed by atoms with Crippen LogP contribution < -0.4 is 10.2 Å². The molecule has 1 aromatic heterocycles. The minimum Gasteiger partial charge on any atom is -0.352 e. The first-order valence-electron chi connectivity index (χ1n) is 9.68. The molecule has 0 aliphatic carbocycles. The summed E-state index contributed by atoms with van der Waals surface area (Å²) in [5.74, 6) is 1.28. The lowest BCUT2D eigenvalue weighted by molar-refractivity contribution is 0.0948. The van der Waals surface area contributed by atoms with Gasteiger partial charge in [0.15, 0.2) is 0 Å². The molecule has 5 heteroatoms. The number of carbonyl (C=O) groups excluding carboxylic acids is 1. The van der Waals surface area contributed by atoms with Crippen LogP contribution in [-0.2, 0) is 19.4 Å². The zero-order chi connectivity index (χ0) is 19.3. The lowest BCUT2D eigenvalue weighted by Gasteiger charge is -2.30. The number of benzene rings is 2. The Labute approximate surface area is 165 Å². The molecule has 1 aliphatic heterocycles. The van der Waals surface area contributed by atoms with Gasteiger partial charge in [-0.25, -0.2) is 9.97 Å². The van der Waals surface area contributed by atoms with Crippen molar-refractivity contribution in [3.63, 3.8) is 0 Å². The summed E-state index contributed by atoms with van der Waals surface area (Å²) in [6.45, 7) is 4.12. The van der Waals surface area contributed by atoms with Crippen molar-refractivity contribution < 1.29 is 4.79 Å². The zero-order valence-corrected chi connectivity index (χ0v) is 16.1. The largest absolute Gasteiger partial charge is 0.352 e. The number of rotatable bonds is 5. The van der Waals surface area contributed by atoms with Crippen LogP contribution in [0.1, 0.15) is 33.0 Å². The van der Waals surface area contributed by atoms with Crippen LogP contribution in [0.15, 0.2) is 60.7 Å². The molecular weight excluding hydrogens is 348 g/mol. The Morgan fingerprint density at radius 1 is 1.04 bits per heavy atom. The molecule has 2 aromatic carbocycles. The minimum absolute atomic E-state index is 0.153. The summed E-state index contributed by atoms with van der Waals surface area (Å²) in [7, 11) is 0. The normalized spacial score (nSPS) is 13.1. The molecule has 0 radical (unpaired) electrons. The first kappa shape index (κ1) is 18.2. The Hall–Kier alpha value is -3.21. The Bertz CT molecular complexity index is 971. The average molecular weight is 372 g/mol. The van der Waals surface area contributed by atoms with Crippen LogP contribution in [0.2, 0.25) is 0 Å². The van der Waals surface area contributed by atoms with E-state index in [2.05, 4.69) is 56.6 Å². The number of nitrogens with one attached hydrogen (secondary N) is 1. The first-order valence-corrected chi connectivity index (χ1v) is 9.68. The van der Waals surface area contributed by atoms with Gasteiger partial charge in [0.25, 0.3) is 5.91 Å². The molecular formula is C23H24N4O. The van der Waals surface area contributed by atoms with Crippen LogP contribution in [0.4, 0.5) is 5.82 Å². The van der Waals surface area contributed by atoms with E-state index in [4.69, 9.17) is 0 Å². The summed E-state index contributed by atoms with van der Waals surface area (Å²) < 4.78 is 0. The van der Waals surface area contributed by atoms with Crippen molar-refractivity contribution in [2.45, 2.75) is 26.3 Å². The SMILES string of the molecule is Cc1nc(C(=O)NCCc2ccccc2)cc(N2CCc3ccccc3C2)n1. The van der Waals surface area contributed by atoms with Crippen molar-refractivity contribution in [2.24, 2.45) is 0 Å². The number of aromatic nitrogens is 2. The Morgan fingerprint density at radius 2 is 1.79 bits per heavy atom. The predicted molar refractivity (Wildman–Crippen MR) is 110 cm³/mol. The maximum absolute atomic E-state index is 12.6. The first-order chi connectivity index (χ1) is 13.7. The fourth-order valence-corrected chi connectivity index (χ4v) is 3.58. The van der Waals surface area contributed by atoms with Crippen LogP contribution in [0.3, 0.4) is 0 Å². The molecule has 4 rings (SSSR count). The predicted octanol–water partition coefficient (Wildman–Crippen LogP) is 3.32. The maximum atomic E-state index is 12.6. The summed E-state index contributed by atoms with van der Waals surface area (Å²) in [5, 5.41) is 2.97. The number of carbonyl (C=O) groups is 1. The van der Waals surface area contributed by atoms with Crippen molar-refractivity contribution in [2.75, 3.05) is 18.0 Å². The van der Waals surface area contributed by atoms with Crippen LogP contribution in [0.25, 0.3) is 0 Å². The second-order valence-corrected chi connectivity index (χ2v) is 7.09. The fraction of sp³-hybridized carbons (Fsp3) is 0.261. The van der Waals surface area contributed by atoms with Gasteiger partial charge in [-0.15, -0.1) is 0 Å². The van der Waals surface area contributed by atoms with Gasteiger partial charge in [0.1, 0.15) is 17.3 Å². The Morgan fingerprint density at radius 3 is 2.61 bits per heavy atom. The highest BCUT2D eigenvalue weighted by Crippen LogP contribution is 2.23. The molecule has 0 saturated carbocycles. The molecule has 0 atom stereocenters. The van der Waals surface area contributed by atoms with Gasteiger partial charge in [-0.1, -0.05) is 54.6 Å². The van der Waals surface area contributed by atoms with Crippen LogP contribution in [0.5, 0.6) is 0 Å². The molecule has 0 saturated heterocycles. The van der Waals surface area contributed by atoms with Crippen LogP contribution in [0, 0.1) is 6.92 Å². The highest BCUT2D eigenvalue weighted by molar-refractivity contribution is 5.93. The third-order valence-electron chi connectivity index (χ3n) is 5.05. The van der Waals surface area contributed by atoms with Crippen molar-refractivity contribution in [3.8, 4) is 0 Å². The van der Waals surface area contributed by atoms with E-state index in [1.165, 1.54) is 16.7 Å². The lowest BCUT2D eigenvalue weighted by atomic mass is 10.00. The quantitative estimate of drug-likeness (QED) is 0.746. The number of amides is 1. The zero-order valence-electron chi connectivity index (χ0n) is 16.1. The second-order valence-electron chi connectivity index (χ2n) is 7.09. The molecule has 28 heavy (non-hydrogen) atoms. The van der Waals surface area contributed by atoms with Gasteiger partial charge >= 0.3 is 0 Å². The number of aryl methyl sites for hydroxylation is 1. The average Bonchev–Trinajstić information content (AvgIpc) is 2.73. The molecule has 0 spiro atoms. The van der Waals surface area contributed by atoms with Gasteiger partial charge in [-0.2, -0.15) is 0 Å². The smallest absolute Gasteiger partial charge is 0.270 e. The van der Waals surface area contributed by atoms with E-state index in [-0.39, 0.29) is 5.91 Å². The van der Waals surface area contributed by atoms with Crippen molar-refractivity contribution in [1.82, 2.24) is 15.3 Å². The summed E-state index contributed by atoms with van der Waals surface area (Å²) in [5.41, 5.74) is 4.34. The second kappa shape index (κ2) is 8.21. The third kappa shape index (κ3) is 4.19. The van der Waals surface area contributed by atoms with E-state index < -0.39 is 0 Å². The number of nitrogens with zero attached hydrogens (tertiary/aromatic N) is 3. The fourth-order valence-electron chi connectivity index (χ4n) is 3.58. The van der Waals surface area contributed by atoms with Gasteiger partial charge in [0, 0.05) is 25.7 Å². The van der Waals surface area contributed by atoms with Gasteiger partial charge in [0.2, 0.25) is 0 Å². The Balaban J connectivity index is 1.44. The van der Waals surface area contributed by atoms with Gasteiger partial charge in [0.05, 0.1) is 0 Å². The van der Waals surface area contributed by atoms with Crippen LogP contribution >= 0.6 is 0 Å². The monoisotopic (exact) mass is 372 g/mol. The molecule has 1 aliphatic rings. The van der Waals surface area contributed by atoms with Gasteiger partial charge < -0.3 is 10.2 Å². The summed E-state index contributed by atoms with van der Waals surface area (Å²) in [6.07, 6.45) is 1.78. The number of hydrogen-bond donors (Lipinski definition) is 1. The number of fused-ring (bicyclic) bond motifs is 1. The van der Waals surface area contributed by atoms with E-state index >= 15 is 0 Å². The van der Waals surface area contributed by atoms with E-state index in [9.17, 15) is 4.79 Å². The minimum atomic E-state index is -0.153. The molecule has 1 N–H and O–H groups in total. The van der Waals surface area contributed by atoms with E-state index in [1.807, 2.05) is 25.1 Å². The van der Waals surface area contributed by atoms with E-state index in [0.29, 0.717) is 18.1 Å². The molecule has 0 bridgehead atoms. The molecule has 0 unspecified atom stereocenters. The summed E-state index contributed by atoms with van der Waals surface area (Å²) >= 11 is 0. The van der Waals surface area contributed by atoms with Gasteiger partial charge in [-0.05, 0) is 36.5 Å². The molecule has 1 amide bonds. The number of anilines is 1. The van der Waals surface area contributed by atoms with Crippen molar-refractivity contribution >= 4 is 11.7 Å². The maximum Gasteiger partial charge on any atom is 0.270 e. The summed E-state index contributed by atoms with van der Waals surface area (Å²) in [6, 6.07) is 20.4. The molecule has 142 valence electrons. The molecule has 0 fully saturated rings. The van der Waals surface area contributed by atoms with Crippen LogP contribution in [-0.4, -0.2) is 29.0 Å².